The largest absolute Gasteiger partial charge is 0.330 e. The van der Waals surface area contributed by atoms with Crippen molar-refractivity contribution >= 4 is 5.69 Å². The predicted molar refractivity (Wildman–Crippen MR) is 55.2 cm³/mol. The summed E-state index contributed by atoms with van der Waals surface area (Å²) in [7, 11) is 0. The van der Waals surface area contributed by atoms with Crippen molar-refractivity contribution in [3.63, 3.8) is 0 Å². The summed E-state index contributed by atoms with van der Waals surface area (Å²) in [5.41, 5.74) is 7.39. The van der Waals surface area contributed by atoms with Crippen LogP contribution < -0.4 is 5.73 Å². The van der Waals surface area contributed by atoms with Gasteiger partial charge in [0.2, 0.25) is 0 Å². The van der Waals surface area contributed by atoms with Gasteiger partial charge in [0.05, 0.1) is 4.92 Å². The van der Waals surface area contributed by atoms with Gasteiger partial charge in [0, 0.05) is 11.6 Å². The molecule has 0 amide bonds. The molecule has 0 bridgehead atoms. The van der Waals surface area contributed by atoms with Crippen LogP contribution in [0.4, 0.5) is 5.69 Å². The van der Waals surface area contributed by atoms with Crippen molar-refractivity contribution in [2.75, 3.05) is 6.54 Å². The molecule has 0 saturated carbocycles. The van der Waals surface area contributed by atoms with Gasteiger partial charge in [-0.1, -0.05) is 11.6 Å². The maximum Gasteiger partial charge on any atom is 0.272 e. The van der Waals surface area contributed by atoms with Crippen molar-refractivity contribution in [1.82, 2.24) is 0 Å². The minimum absolute atomic E-state index is 0.198. The van der Waals surface area contributed by atoms with Gasteiger partial charge < -0.3 is 5.73 Å². The highest BCUT2D eigenvalue weighted by atomic mass is 16.6. The number of aryl methyl sites for hydroxylation is 2. The third-order valence-electron chi connectivity index (χ3n) is 2.08. The van der Waals surface area contributed by atoms with Gasteiger partial charge in [-0.2, -0.15) is 0 Å². The molecule has 0 aliphatic heterocycles. The van der Waals surface area contributed by atoms with Crippen molar-refractivity contribution in [2.24, 2.45) is 5.73 Å². The van der Waals surface area contributed by atoms with Gasteiger partial charge in [0.1, 0.15) is 0 Å². The summed E-state index contributed by atoms with van der Waals surface area (Å²) in [6.07, 6.45) is 1.46. The Bertz CT molecular complexity index is 337. The SMILES string of the molecule is Cc1ccc([N+](=O)[O-])c(CCCN)c1. The molecule has 0 atom stereocenters. The van der Waals surface area contributed by atoms with E-state index in [0.717, 1.165) is 17.5 Å². The fourth-order valence-electron chi connectivity index (χ4n) is 1.39. The Balaban J connectivity index is 2.97. The van der Waals surface area contributed by atoms with E-state index in [9.17, 15) is 10.1 Å². The number of hydrogen-bond acceptors (Lipinski definition) is 3. The number of nitrogens with two attached hydrogens (primary N) is 1. The molecule has 0 aliphatic rings. The summed E-state index contributed by atoms with van der Waals surface area (Å²) in [6, 6.07) is 5.17. The van der Waals surface area contributed by atoms with E-state index in [1.165, 1.54) is 0 Å². The molecule has 0 spiro atoms. The van der Waals surface area contributed by atoms with Crippen LogP contribution in [-0.4, -0.2) is 11.5 Å². The van der Waals surface area contributed by atoms with Crippen LogP contribution in [0.25, 0.3) is 0 Å². The monoisotopic (exact) mass is 194 g/mol. The van der Waals surface area contributed by atoms with Crippen LogP contribution in [-0.2, 0) is 6.42 Å². The third kappa shape index (κ3) is 2.53. The molecule has 1 aromatic carbocycles. The van der Waals surface area contributed by atoms with E-state index in [4.69, 9.17) is 5.73 Å². The zero-order valence-corrected chi connectivity index (χ0v) is 8.19. The van der Waals surface area contributed by atoms with Gasteiger partial charge in [-0.25, -0.2) is 0 Å². The summed E-state index contributed by atoms with van der Waals surface area (Å²) in [4.78, 5) is 10.3. The van der Waals surface area contributed by atoms with Crippen LogP contribution in [0.5, 0.6) is 0 Å². The Morgan fingerprint density at radius 2 is 2.21 bits per heavy atom. The van der Waals surface area contributed by atoms with Crippen LogP contribution in [0.15, 0.2) is 18.2 Å². The van der Waals surface area contributed by atoms with Gasteiger partial charge >= 0.3 is 0 Å². The summed E-state index contributed by atoms with van der Waals surface area (Å²) in [5.74, 6) is 0. The number of nitro groups is 1. The summed E-state index contributed by atoms with van der Waals surface area (Å²) < 4.78 is 0. The smallest absolute Gasteiger partial charge is 0.272 e. The van der Waals surface area contributed by atoms with E-state index in [2.05, 4.69) is 0 Å². The van der Waals surface area contributed by atoms with Crippen LogP contribution in [0.3, 0.4) is 0 Å². The number of nitrogens with zero attached hydrogens (tertiary/aromatic N) is 1. The number of benzene rings is 1. The second-order valence-electron chi connectivity index (χ2n) is 3.28. The summed E-state index contributed by atoms with van der Waals surface area (Å²) >= 11 is 0. The Morgan fingerprint density at radius 3 is 2.79 bits per heavy atom. The first-order valence-electron chi connectivity index (χ1n) is 4.59. The molecule has 0 radical (unpaired) electrons. The average molecular weight is 194 g/mol. The highest BCUT2D eigenvalue weighted by Gasteiger charge is 2.12. The number of hydrogen-bond donors (Lipinski definition) is 1. The quantitative estimate of drug-likeness (QED) is 0.586. The molecule has 0 fully saturated rings. The highest BCUT2D eigenvalue weighted by Crippen LogP contribution is 2.20. The maximum atomic E-state index is 10.7. The molecule has 2 N–H and O–H groups in total. The number of nitro benzene ring substituents is 1. The molecule has 0 saturated heterocycles. The number of rotatable bonds is 4. The van der Waals surface area contributed by atoms with Crippen molar-refractivity contribution in [2.45, 2.75) is 19.8 Å². The lowest BCUT2D eigenvalue weighted by Gasteiger charge is -2.02. The van der Waals surface area contributed by atoms with E-state index in [-0.39, 0.29) is 10.6 Å². The maximum absolute atomic E-state index is 10.7. The molecule has 14 heavy (non-hydrogen) atoms. The fourth-order valence-corrected chi connectivity index (χ4v) is 1.39. The van der Waals surface area contributed by atoms with Crippen molar-refractivity contribution in [3.8, 4) is 0 Å². The topological polar surface area (TPSA) is 69.2 Å². The standard InChI is InChI=1S/C10H14N2O2/c1-8-4-5-10(12(13)14)9(7-8)3-2-6-11/h4-5,7H,2-3,6,11H2,1H3. The first-order valence-corrected chi connectivity index (χ1v) is 4.59. The predicted octanol–water partition coefficient (Wildman–Crippen LogP) is 1.79. The van der Waals surface area contributed by atoms with E-state index in [0.29, 0.717) is 13.0 Å². The second-order valence-corrected chi connectivity index (χ2v) is 3.28. The fraction of sp³-hybridized carbons (Fsp3) is 0.400. The molecule has 4 nitrogen and oxygen atoms in total. The molecular weight excluding hydrogens is 180 g/mol. The molecule has 0 aliphatic carbocycles. The van der Waals surface area contributed by atoms with Crippen molar-refractivity contribution in [1.29, 1.82) is 0 Å². The molecular formula is C10H14N2O2. The van der Waals surface area contributed by atoms with Gasteiger partial charge in [0.15, 0.2) is 0 Å². The molecule has 1 rings (SSSR count). The van der Waals surface area contributed by atoms with Crippen LogP contribution in [0.1, 0.15) is 17.5 Å². The third-order valence-corrected chi connectivity index (χ3v) is 2.08. The summed E-state index contributed by atoms with van der Waals surface area (Å²) in [6.45, 7) is 2.49. The Labute approximate surface area is 82.9 Å². The van der Waals surface area contributed by atoms with Gasteiger partial charge in [0.25, 0.3) is 5.69 Å². The molecule has 0 heterocycles. The molecule has 0 aromatic heterocycles. The van der Waals surface area contributed by atoms with Gasteiger partial charge in [-0.15, -0.1) is 0 Å². The molecule has 4 heteroatoms. The van der Waals surface area contributed by atoms with Crippen molar-refractivity contribution in [3.05, 3.63) is 39.4 Å². The zero-order valence-electron chi connectivity index (χ0n) is 8.19. The van der Waals surface area contributed by atoms with Crippen LogP contribution in [0.2, 0.25) is 0 Å². The zero-order chi connectivity index (χ0) is 10.6. The normalized spacial score (nSPS) is 10.1. The first-order chi connectivity index (χ1) is 6.65. The molecule has 0 unspecified atom stereocenters. The van der Waals surface area contributed by atoms with Crippen molar-refractivity contribution < 1.29 is 4.92 Å². The highest BCUT2D eigenvalue weighted by molar-refractivity contribution is 5.42. The lowest BCUT2D eigenvalue weighted by atomic mass is 10.0. The van der Waals surface area contributed by atoms with Gasteiger partial charge in [-0.05, 0) is 32.4 Å². The van der Waals surface area contributed by atoms with Gasteiger partial charge in [-0.3, -0.25) is 10.1 Å². The second kappa shape index (κ2) is 4.72. The Kier molecular flexibility index (Phi) is 3.59. The van der Waals surface area contributed by atoms with E-state index in [1.54, 1.807) is 12.1 Å². The molecule has 76 valence electrons. The minimum Gasteiger partial charge on any atom is -0.330 e. The molecule has 1 aromatic rings. The lowest BCUT2D eigenvalue weighted by Crippen LogP contribution is -2.02. The lowest BCUT2D eigenvalue weighted by molar-refractivity contribution is -0.385. The minimum atomic E-state index is -0.342. The van der Waals surface area contributed by atoms with E-state index in [1.807, 2.05) is 13.0 Å². The average Bonchev–Trinajstić information content (AvgIpc) is 2.14. The Morgan fingerprint density at radius 1 is 1.50 bits per heavy atom. The van der Waals surface area contributed by atoms with Crippen LogP contribution in [0, 0.1) is 17.0 Å². The first kappa shape index (κ1) is 10.7. The van der Waals surface area contributed by atoms with E-state index < -0.39 is 0 Å². The summed E-state index contributed by atoms with van der Waals surface area (Å²) in [5, 5.41) is 10.7. The van der Waals surface area contributed by atoms with E-state index >= 15 is 0 Å². The Hall–Kier alpha value is -1.42. The van der Waals surface area contributed by atoms with Crippen LogP contribution >= 0.6 is 0 Å².